The Kier molecular flexibility index (Phi) is 9.86. The molecule has 5 aromatic heterocycles. The number of rotatable bonds is 11. The van der Waals surface area contributed by atoms with Crippen LogP contribution in [0.2, 0.25) is 0 Å². The van der Waals surface area contributed by atoms with Crippen molar-refractivity contribution in [2.24, 2.45) is 0 Å². The Bertz CT molecular complexity index is 1980. The van der Waals surface area contributed by atoms with Crippen molar-refractivity contribution in [3.63, 3.8) is 0 Å². The third-order valence-electron chi connectivity index (χ3n) is 6.39. The van der Waals surface area contributed by atoms with Gasteiger partial charge in [-0.25, -0.2) is 0 Å². The quantitative estimate of drug-likeness (QED) is 0.102. The molecule has 0 fully saturated rings. The first kappa shape index (κ1) is 29.9. The fourth-order valence-electron chi connectivity index (χ4n) is 4.19. The van der Waals surface area contributed by atoms with Gasteiger partial charge in [-0.05, 0) is 125 Å². The standard InChI is InChI=1S/C36H25NO2S5/c38-37(39)28-9-6-26(7-10-28)5-8-27-25-35(20-19-33-16-15-31(42-33)13-11-29-3-1-23-40-29)44-36(27)22-21-34-18-17-32(43-34)14-12-30-4-2-24-41-30/h1-25H/b8-5+,13-11+,14-12+,20-19+,22-21+. The van der Waals surface area contributed by atoms with Crippen LogP contribution in [0.15, 0.2) is 89.6 Å². The zero-order valence-corrected chi connectivity index (χ0v) is 27.3. The highest BCUT2D eigenvalue weighted by molar-refractivity contribution is 7.15. The Morgan fingerprint density at radius 1 is 0.500 bits per heavy atom. The first-order valence-electron chi connectivity index (χ1n) is 13.6. The molecule has 1 aromatic carbocycles. The van der Waals surface area contributed by atoms with Gasteiger partial charge in [0, 0.05) is 51.1 Å². The van der Waals surface area contributed by atoms with Crippen molar-refractivity contribution in [1.82, 2.24) is 0 Å². The normalized spacial score (nSPS) is 12.3. The van der Waals surface area contributed by atoms with E-state index < -0.39 is 0 Å². The molecule has 5 heterocycles. The van der Waals surface area contributed by atoms with Crippen LogP contribution in [0.3, 0.4) is 0 Å². The molecule has 0 radical (unpaired) electrons. The van der Waals surface area contributed by atoms with E-state index in [2.05, 4.69) is 120 Å². The van der Waals surface area contributed by atoms with Crippen LogP contribution in [0.5, 0.6) is 0 Å². The number of thiophene rings is 5. The van der Waals surface area contributed by atoms with E-state index in [-0.39, 0.29) is 10.6 Å². The minimum Gasteiger partial charge on any atom is -0.258 e. The maximum absolute atomic E-state index is 11.0. The van der Waals surface area contributed by atoms with E-state index in [1.165, 1.54) is 41.4 Å². The lowest BCUT2D eigenvalue weighted by molar-refractivity contribution is -0.384. The number of nitrogens with zero attached hydrogens (tertiary/aromatic N) is 1. The smallest absolute Gasteiger partial charge is 0.258 e. The Labute approximate surface area is 276 Å². The Morgan fingerprint density at radius 3 is 1.50 bits per heavy atom. The van der Waals surface area contributed by atoms with E-state index >= 15 is 0 Å². The number of nitro benzene ring substituents is 1. The molecule has 216 valence electrons. The fourth-order valence-corrected chi connectivity index (χ4v) is 8.02. The summed E-state index contributed by atoms with van der Waals surface area (Å²) in [6.07, 6.45) is 21.4. The molecular formula is C36H25NO2S5. The summed E-state index contributed by atoms with van der Waals surface area (Å²) in [4.78, 5) is 20.3. The molecule has 6 aromatic rings. The van der Waals surface area contributed by atoms with Gasteiger partial charge in [0.15, 0.2) is 0 Å². The van der Waals surface area contributed by atoms with Crippen molar-refractivity contribution in [3.8, 4) is 0 Å². The third-order valence-corrected chi connectivity index (χ3v) is 11.2. The summed E-state index contributed by atoms with van der Waals surface area (Å²) in [5, 5.41) is 15.2. The monoisotopic (exact) mass is 663 g/mol. The summed E-state index contributed by atoms with van der Waals surface area (Å²) >= 11 is 8.73. The van der Waals surface area contributed by atoms with Crippen LogP contribution in [0.4, 0.5) is 5.69 Å². The molecular weight excluding hydrogens is 639 g/mol. The minimum atomic E-state index is -0.377. The molecule has 0 unspecified atom stereocenters. The average molecular weight is 664 g/mol. The predicted octanol–water partition coefficient (Wildman–Crippen LogP) is 12.8. The first-order valence-corrected chi connectivity index (χ1v) is 17.8. The lowest BCUT2D eigenvalue weighted by Gasteiger charge is -1.95. The highest BCUT2D eigenvalue weighted by Gasteiger charge is 2.06. The van der Waals surface area contributed by atoms with Gasteiger partial charge in [0.2, 0.25) is 0 Å². The Balaban J connectivity index is 1.21. The molecule has 6 rings (SSSR count). The summed E-state index contributed by atoms with van der Waals surface area (Å²) in [7, 11) is 0. The van der Waals surface area contributed by atoms with E-state index in [1.807, 2.05) is 6.08 Å². The van der Waals surface area contributed by atoms with Gasteiger partial charge in [0.1, 0.15) is 0 Å². The second kappa shape index (κ2) is 14.5. The van der Waals surface area contributed by atoms with Crippen LogP contribution >= 0.6 is 56.7 Å². The summed E-state index contributed by atoms with van der Waals surface area (Å²) < 4.78 is 0. The van der Waals surface area contributed by atoms with E-state index in [0.717, 1.165) is 20.9 Å². The maximum Gasteiger partial charge on any atom is 0.269 e. The first-order chi connectivity index (χ1) is 21.6. The number of benzene rings is 1. The van der Waals surface area contributed by atoms with Crippen molar-refractivity contribution in [3.05, 3.63) is 150 Å². The van der Waals surface area contributed by atoms with Crippen molar-refractivity contribution in [2.75, 3.05) is 0 Å². The third kappa shape index (κ3) is 8.25. The number of nitro groups is 1. The van der Waals surface area contributed by atoms with E-state index in [9.17, 15) is 10.1 Å². The summed E-state index contributed by atoms with van der Waals surface area (Å²) in [5.74, 6) is 0. The van der Waals surface area contributed by atoms with Crippen molar-refractivity contribution < 1.29 is 4.92 Å². The zero-order chi connectivity index (χ0) is 30.1. The molecule has 0 spiro atoms. The van der Waals surface area contributed by atoms with Crippen LogP contribution in [0, 0.1) is 10.1 Å². The molecule has 8 heteroatoms. The highest BCUT2D eigenvalue weighted by atomic mass is 32.1. The zero-order valence-electron chi connectivity index (χ0n) is 23.2. The van der Waals surface area contributed by atoms with Gasteiger partial charge >= 0.3 is 0 Å². The van der Waals surface area contributed by atoms with Crippen LogP contribution in [-0.4, -0.2) is 4.92 Å². The fraction of sp³-hybridized carbons (Fsp3) is 0. The molecule has 0 bridgehead atoms. The van der Waals surface area contributed by atoms with Gasteiger partial charge in [-0.1, -0.05) is 24.3 Å². The largest absolute Gasteiger partial charge is 0.269 e. The maximum atomic E-state index is 11.0. The van der Waals surface area contributed by atoms with Crippen LogP contribution < -0.4 is 0 Å². The summed E-state index contributed by atoms with van der Waals surface area (Å²) in [6.45, 7) is 0. The lowest BCUT2D eigenvalue weighted by atomic mass is 10.1. The number of hydrogen-bond acceptors (Lipinski definition) is 7. The van der Waals surface area contributed by atoms with Gasteiger partial charge in [-0.3, -0.25) is 10.1 Å². The summed E-state index contributed by atoms with van der Waals surface area (Å²) in [5.41, 5.74) is 2.10. The molecule has 0 atom stereocenters. The SMILES string of the molecule is O=[N+]([O-])c1ccc(/C=C/c2cc(/C=C/c3ccc(/C=C/c4cccs4)s3)sc2/C=C/c2ccc(/C=C/c3cccs3)s2)cc1. The van der Waals surface area contributed by atoms with Crippen LogP contribution in [0.25, 0.3) is 60.8 Å². The topological polar surface area (TPSA) is 43.1 Å². The lowest BCUT2D eigenvalue weighted by Crippen LogP contribution is -1.86. The van der Waals surface area contributed by atoms with Gasteiger partial charge in [0.25, 0.3) is 5.69 Å². The van der Waals surface area contributed by atoms with Gasteiger partial charge in [-0.15, -0.1) is 56.7 Å². The molecule has 0 aliphatic rings. The molecule has 3 nitrogen and oxygen atoms in total. The summed E-state index contributed by atoms with van der Waals surface area (Å²) in [6, 6.07) is 25.8. The van der Waals surface area contributed by atoms with Crippen molar-refractivity contribution in [2.45, 2.75) is 0 Å². The molecule has 0 amide bonds. The Hall–Kier alpha value is -4.18. The van der Waals surface area contributed by atoms with Crippen molar-refractivity contribution in [1.29, 1.82) is 0 Å². The van der Waals surface area contributed by atoms with Crippen LogP contribution in [0.1, 0.15) is 50.1 Å². The number of hydrogen-bond donors (Lipinski definition) is 0. The molecule has 0 aliphatic carbocycles. The second-order valence-corrected chi connectivity index (χ2v) is 14.9. The van der Waals surface area contributed by atoms with Crippen molar-refractivity contribution >= 4 is 123 Å². The van der Waals surface area contributed by atoms with Gasteiger partial charge in [0.05, 0.1) is 4.92 Å². The molecule has 0 N–H and O–H groups in total. The minimum absolute atomic E-state index is 0.0908. The average Bonchev–Trinajstić information content (AvgIpc) is 3.88. The second-order valence-electron chi connectivity index (χ2n) is 9.49. The van der Waals surface area contributed by atoms with E-state index in [1.54, 1.807) is 68.8 Å². The van der Waals surface area contributed by atoms with E-state index in [4.69, 9.17) is 0 Å². The van der Waals surface area contributed by atoms with E-state index in [0.29, 0.717) is 0 Å². The molecule has 44 heavy (non-hydrogen) atoms. The predicted molar refractivity (Wildman–Crippen MR) is 199 cm³/mol. The van der Waals surface area contributed by atoms with Crippen LogP contribution in [-0.2, 0) is 0 Å². The highest BCUT2D eigenvalue weighted by Crippen LogP contribution is 2.31. The number of non-ortho nitro benzene ring substituents is 1. The Morgan fingerprint density at radius 2 is 1.00 bits per heavy atom. The van der Waals surface area contributed by atoms with Gasteiger partial charge in [-0.2, -0.15) is 0 Å². The molecule has 0 saturated carbocycles. The van der Waals surface area contributed by atoms with Gasteiger partial charge < -0.3 is 0 Å². The molecule has 0 aliphatic heterocycles. The molecule has 0 saturated heterocycles.